The summed E-state index contributed by atoms with van der Waals surface area (Å²) in [6.45, 7) is 3.61. The van der Waals surface area contributed by atoms with Crippen molar-refractivity contribution in [3.8, 4) is 5.75 Å². The van der Waals surface area contributed by atoms with Crippen molar-refractivity contribution >= 4 is 18.0 Å². The molecule has 2 unspecified atom stereocenters. The summed E-state index contributed by atoms with van der Waals surface area (Å²) < 4.78 is 10.5. The second kappa shape index (κ2) is 7.90. The van der Waals surface area contributed by atoms with E-state index in [4.69, 9.17) is 9.47 Å². The lowest BCUT2D eigenvalue weighted by atomic mass is 9.82. The Labute approximate surface area is 142 Å². The molecule has 0 bridgehead atoms. The van der Waals surface area contributed by atoms with E-state index in [1.54, 1.807) is 13.3 Å². The van der Waals surface area contributed by atoms with Gasteiger partial charge in [-0.15, -0.1) is 0 Å². The van der Waals surface area contributed by atoms with Gasteiger partial charge in [0, 0.05) is 12.1 Å². The van der Waals surface area contributed by atoms with E-state index >= 15 is 0 Å². The average Bonchev–Trinajstić information content (AvgIpc) is 2.99. The van der Waals surface area contributed by atoms with Gasteiger partial charge in [-0.3, -0.25) is 14.6 Å². The maximum Gasteiger partial charge on any atom is 0.313 e. The number of allylic oxidation sites excluding steroid dienone is 1. The summed E-state index contributed by atoms with van der Waals surface area (Å²) in [6.07, 6.45) is 6.19. The first-order chi connectivity index (χ1) is 11.4. The molecular formula is C19H23NO4. The van der Waals surface area contributed by atoms with Crippen molar-refractivity contribution in [1.29, 1.82) is 0 Å². The summed E-state index contributed by atoms with van der Waals surface area (Å²) >= 11 is 0. The van der Waals surface area contributed by atoms with Crippen LogP contribution < -0.4 is 4.74 Å². The molecule has 0 fully saturated rings. The van der Waals surface area contributed by atoms with Gasteiger partial charge in [0.15, 0.2) is 0 Å². The summed E-state index contributed by atoms with van der Waals surface area (Å²) in [5, 5.41) is 0. The van der Waals surface area contributed by atoms with Gasteiger partial charge in [-0.1, -0.05) is 18.2 Å². The molecule has 0 saturated carbocycles. The number of nitrogens with zero attached hydrogens (tertiary/aromatic N) is 1. The van der Waals surface area contributed by atoms with E-state index in [9.17, 15) is 9.59 Å². The molecule has 1 aliphatic rings. The van der Waals surface area contributed by atoms with Crippen LogP contribution in [0, 0.1) is 5.92 Å². The third-order valence-corrected chi connectivity index (χ3v) is 4.18. The summed E-state index contributed by atoms with van der Waals surface area (Å²) in [4.78, 5) is 27.2. The minimum absolute atomic E-state index is 0.0168. The molecule has 0 aliphatic carbocycles. The van der Waals surface area contributed by atoms with Crippen LogP contribution in [0.15, 0.2) is 41.4 Å². The van der Waals surface area contributed by atoms with Crippen LogP contribution in [0.25, 0.3) is 0 Å². The minimum Gasteiger partial charge on any atom is -0.497 e. The number of esters is 1. The highest BCUT2D eigenvalue weighted by molar-refractivity contribution is 5.94. The fourth-order valence-corrected chi connectivity index (χ4v) is 2.65. The van der Waals surface area contributed by atoms with Gasteiger partial charge in [-0.05, 0) is 44.0 Å². The zero-order chi connectivity index (χ0) is 17.6. The Morgan fingerprint density at radius 2 is 1.96 bits per heavy atom. The molecule has 0 radical (unpaired) electrons. The number of carbonyl (C=O) groups is 2. The smallest absolute Gasteiger partial charge is 0.313 e. The summed E-state index contributed by atoms with van der Waals surface area (Å²) in [5.74, 6) is 0.0958. The summed E-state index contributed by atoms with van der Waals surface area (Å²) in [7, 11) is 1.63. The van der Waals surface area contributed by atoms with E-state index in [0.717, 1.165) is 11.3 Å². The summed E-state index contributed by atoms with van der Waals surface area (Å²) in [5.41, 5.74) is 0.691. The van der Waals surface area contributed by atoms with Gasteiger partial charge in [-0.25, -0.2) is 0 Å². The number of Topliss-reactive ketones (excluding diaryl/α,β-unsaturated/α-hetero) is 1. The fraction of sp³-hybridized carbons (Fsp3) is 0.421. The zero-order valence-corrected chi connectivity index (χ0v) is 14.3. The molecule has 2 atom stereocenters. The molecule has 1 aliphatic heterocycles. The van der Waals surface area contributed by atoms with E-state index < -0.39 is 11.5 Å². The number of methoxy groups -OCH3 is 1. The molecule has 1 aromatic carbocycles. The summed E-state index contributed by atoms with van der Waals surface area (Å²) in [6, 6.07) is 7.80. The number of ether oxygens (including phenoxy) is 2. The standard InChI is InChI=1S/C19H23NO4/c1-14(21)11-18(22)24-13-16(19(2)9-4-10-20-19)12-15-5-7-17(23-3)8-6-15/h4-10,16H,11-13H2,1-3H3. The Hall–Kier alpha value is -2.43. The second-order valence-electron chi connectivity index (χ2n) is 6.17. The Balaban J connectivity index is 2.08. The molecule has 128 valence electrons. The Morgan fingerprint density at radius 1 is 1.25 bits per heavy atom. The number of hydrogen-bond acceptors (Lipinski definition) is 5. The lowest BCUT2D eigenvalue weighted by Gasteiger charge is -2.30. The number of rotatable bonds is 8. The molecule has 1 heterocycles. The molecular weight excluding hydrogens is 306 g/mol. The molecule has 0 aromatic heterocycles. The number of ketones is 1. The van der Waals surface area contributed by atoms with E-state index in [-0.39, 0.29) is 24.7 Å². The van der Waals surface area contributed by atoms with Crippen LogP contribution in [0.3, 0.4) is 0 Å². The monoisotopic (exact) mass is 329 g/mol. The molecule has 5 nitrogen and oxygen atoms in total. The van der Waals surface area contributed by atoms with Gasteiger partial charge < -0.3 is 9.47 Å². The Kier molecular flexibility index (Phi) is 5.90. The zero-order valence-electron chi connectivity index (χ0n) is 14.3. The molecule has 0 saturated heterocycles. The second-order valence-corrected chi connectivity index (χ2v) is 6.17. The lowest BCUT2D eigenvalue weighted by molar-refractivity contribution is -0.147. The van der Waals surface area contributed by atoms with Crippen molar-refractivity contribution in [3.05, 3.63) is 42.0 Å². The molecule has 1 aromatic rings. The van der Waals surface area contributed by atoms with Crippen LogP contribution >= 0.6 is 0 Å². The highest BCUT2D eigenvalue weighted by Gasteiger charge is 2.33. The fourth-order valence-electron chi connectivity index (χ4n) is 2.65. The van der Waals surface area contributed by atoms with Crippen LogP contribution in [-0.4, -0.2) is 37.2 Å². The number of aliphatic imine (C=N–C) groups is 1. The molecule has 0 N–H and O–H groups in total. The largest absolute Gasteiger partial charge is 0.497 e. The van der Waals surface area contributed by atoms with Crippen molar-refractivity contribution < 1.29 is 19.1 Å². The van der Waals surface area contributed by atoms with Crippen LogP contribution in [0.5, 0.6) is 5.75 Å². The minimum atomic E-state index is -0.489. The number of benzene rings is 1. The SMILES string of the molecule is COc1ccc(CC(COC(=O)CC(C)=O)C2(C)C=CC=N2)cc1. The highest BCUT2D eigenvalue weighted by Crippen LogP contribution is 2.30. The van der Waals surface area contributed by atoms with E-state index in [0.29, 0.717) is 6.42 Å². The maximum atomic E-state index is 11.7. The van der Waals surface area contributed by atoms with Crippen molar-refractivity contribution in [2.24, 2.45) is 10.9 Å². The van der Waals surface area contributed by atoms with Gasteiger partial charge >= 0.3 is 5.97 Å². The van der Waals surface area contributed by atoms with Gasteiger partial charge in [-0.2, -0.15) is 0 Å². The predicted molar refractivity (Wildman–Crippen MR) is 92.5 cm³/mol. The first-order valence-corrected chi connectivity index (χ1v) is 7.94. The number of hydrogen-bond donors (Lipinski definition) is 0. The normalized spacial score (nSPS) is 20.0. The van der Waals surface area contributed by atoms with E-state index in [2.05, 4.69) is 4.99 Å². The first kappa shape index (κ1) is 17.9. The van der Waals surface area contributed by atoms with Crippen molar-refractivity contribution in [3.63, 3.8) is 0 Å². The first-order valence-electron chi connectivity index (χ1n) is 7.94. The average molecular weight is 329 g/mol. The highest BCUT2D eigenvalue weighted by atomic mass is 16.5. The third-order valence-electron chi connectivity index (χ3n) is 4.18. The lowest BCUT2D eigenvalue weighted by Crippen LogP contribution is -2.35. The van der Waals surface area contributed by atoms with Gasteiger partial charge in [0.2, 0.25) is 0 Å². The molecule has 24 heavy (non-hydrogen) atoms. The van der Waals surface area contributed by atoms with E-state index in [1.807, 2.05) is 43.3 Å². The Bertz CT molecular complexity index is 634. The topological polar surface area (TPSA) is 65.0 Å². The van der Waals surface area contributed by atoms with Gasteiger partial charge in [0.1, 0.15) is 18.0 Å². The van der Waals surface area contributed by atoms with Gasteiger partial charge in [0.25, 0.3) is 0 Å². The van der Waals surface area contributed by atoms with Crippen LogP contribution in [-0.2, 0) is 20.7 Å². The van der Waals surface area contributed by atoms with Crippen LogP contribution in [0.2, 0.25) is 0 Å². The Morgan fingerprint density at radius 3 is 2.50 bits per heavy atom. The van der Waals surface area contributed by atoms with Crippen molar-refractivity contribution in [2.75, 3.05) is 13.7 Å². The molecule has 2 rings (SSSR count). The van der Waals surface area contributed by atoms with E-state index in [1.165, 1.54) is 6.92 Å². The quantitative estimate of drug-likeness (QED) is 0.543. The maximum absolute atomic E-state index is 11.7. The molecule has 5 heteroatoms. The predicted octanol–water partition coefficient (Wildman–Crippen LogP) is 2.78. The van der Waals surface area contributed by atoms with Crippen LogP contribution in [0.1, 0.15) is 25.8 Å². The third kappa shape index (κ3) is 4.78. The number of carbonyl (C=O) groups excluding carboxylic acids is 2. The van der Waals surface area contributed by atoms with Crippen LogP contribution in [0.4, 0.5) is 0 Å². The molecule has 0 amide bonds. The molecule has 0 spiro atoms. The van der Waals surface area contributed by atoms with Crippen molar-refractivity contribution in [1.82, 2.24) is 0 Å². The van der Waals surface area contributed by atoms with Crippen molar-refractivity contribution in [2.45, 2.75) is 32.2 Å². The van der Waals surface area contributed by atoms with Gasteiger partial charge in [0.05, 0.1) is 19.3 Å².